The Morgan fingerprint density at radius 1 is 1.62 bits per heavy atom. The molecule has 3 heteroatoms. The molecular formula is C10H15NO2. The van der Waals surface area contributed by atoms with E-state index in [0.717, 1.165) is 6.29 Å². The zero-order valence-corrected chi connectivity index (χ0v) is 7.95. The number of nitrogens with zero attached hydrogens (tertiary/aromatic N) is 1. The summed E-state index contributed by atoms with van der Waals surface area (Å²) in [6, 6.07) is 1.98. The van der Waals surface area contributed by atoms with Crippen LogP contribution in [0.25, 0.3) is 0 Å². The van der Waals surface area contributed by atoms with Crippen LogP contribution in [0.1, 0.15) is 39.0 Å². The highest BCUT2D eigenvalue weighted by Gasteiger charge is 2.10. The van der Waals surface area contributed by atoms with E-state index in [1.165, 1.54) is 0 Å². The number of carbonyl (C=O) groups is 2. The summed E-state index contributed by atoms with van der Waals surface area (Å²) in [7, 11) is 0. The van der Waals surface area contributed by atoms with E-state index in [-0.39, 0.29) is 11.7 Å². The van der Waals surface area contributed by atoms with E-state index in [9.17, 15) is 9.59 Å². The second-order valence-corrected chi connectivity index (χ2v) is 3.06. The number of ketones is 1. The van der Waals surface area contributed by atoms with Crippen molar-refractivity contribution in [3.8, 4) is 6.07 Å². The van der Waals surface area contributed by atoms with Gasteiger partial charge in [0.15, 0.2) is 0 Å². The number of rotatable bonds is 7. The SMILES string of the molecule is CCC(C=O)CC(=O)CCCC#N. The first-order valence-electron chi connectivity index (χ1n) is 4.58. The maximum Gasteiger partial charge on any atom is 0.133 e. The van der Waals surface area contributed by atoms with Gasteiger partial charge in [-0.3, -0.25) is 4.79 Å². The Kier molecular flexibility index (Phi) is 6.80. The number of hydrogen-bond donors (Lipinski definition) is 0. The van der Waals surface area contributed by atoms with Crippen molar-refractivity contribution in [2.24, 2.45) is 5.92 Å². The summed E-state index contributed by atoms with van der Waals surface area (Å²) in [5.41, 5.74) is 0. The molecule has 3 nitrogen and oxygen atoms in total. The van der Waals surface area contributed by atoms with Gasteiger partial charge in [-0.25, -0.2) is 0 Å². The van der Waals surface area contributed by atoms with Crippen molar-refractivity contribution in [3.63, 3.8) is 0 Å². The molecule has 0 fully saturated rings. The maximum atomic E-state index is 11.2. The van der Waals surface area contributed by atoms with E-state index in [2.05, 4.69) is 0 Å². The highest BCUT2D eigenvalue weighted by atomic mass is 16.1. The molecule has 0 saturated heterocycles. The highest BCUT2D eigenvalue weighted by molar-refractivity contribution is 5.81. The van der Waals surface area contributed by atoms with Gasteiger partial charge in [-0.2, -0.15) is 5.26 Å². The number of aldehydes is 1. The molecule has 0 N–H and O–H groups in total. The molecule has 0 saturated carbocycles. The first-order chi connectivity index (χ1) is 6.24. The second-order valence-electron chi connectivity index (χ2n) is 3.06. The van der Waals surface area contributed by atoms with Crippen molar-refractivity contribution in [3.05, 3.63) is 0 Å². The number of nitriles is 1. The van der Waals surface area contributed by atoms with Crippen LogP contribution in [0.3, 0.4) is 0 Å². The average Bonchev–Trinajstić information content (AvgIpc) is 2.14. The molecule has 13 heavy (non-hydrogen) atoms. The molecule has 0 bridgehead atoms. The lowest BCUT2D eigenvalue weighted by Gasteiger charge is -2.04. The molecule has 72 valence electrons. The quantitative estimate of drug-likeness (QED) is 0.445. The molecule has 1 unspecified atom stereocenters. The Bertz CT molecular complexity index is 205. The van der Waals surface area contributed by atoms with E-state index in [0.29, 0.717) is 32.1 Å². The van der Waals surface area contributed by atoms with Crippen LogP contribution in [-0.4, -0.2) is 12.1 Å². The molecule has 0 aliphatic carbocycles. The van der Waals surface area contributed by atoms with Crippen LogP contribution in [0, 0.1) is 17.2 Å². The fourth-order valence-corrected chi connectivity index (χ4v) is 1.05. The van der Waals surface area contributed by atoms with Gasteiger partial charge in [-0.1, -0.05) is 6.92 Å². The highest BCUT2D eigenvalue weighted by Crippen LogP contribution is 2.08. The molecule has 0 aliphatic heterocycles. The smallest absolute Gasteiger partial charge is 0.133 e. The summed E-state index contributed by atoms with van der Waals surface area (Å²) in [6.45, 7) is 1.89. The third-order valence-electron chi connectivity index (χ3n) is 1.95. The second kappa shape index (κ2) is 7.48. The van der Waals surface area contributed by atoms with Gasteiger partial charge in [-0.15, -0.1) is 0 Å². The fraction of sp³-hybridized carbons (Fsp3) is 0.700. The Morgan fingerprint density at radius 3 is 2.77 bits per heavy atom. The lowest BCUT2D eigenvalue weighted by Crippen LogP contribution is -2.08. The van der Waals surface area contributed by atoms with Crippen LogP contribution >= 0.6 is 0 Å². The van der Waals surface area contributed by atoms with Gasteiger partial charge in [0.2, 0.25) is 0 Å². The molecule has 0 aromatic carbocycles. The molecular weight excluding hydrogens is 166 g/mol. The van der Waals surface area contributed by atoms with Crippen LogP contribution in [0.2, 0.25) is 0 Å². The zero-order valence-electron chi connectivity index (χ0n) is 7.95. The van der Waals surface area contributed by atoms with E-state index in [1.807, 2.05) is 13.0 Å². The molecule has 0 radical (unpaired) electrons. The number of unbranched alkanes of at least 4 members (excludes halogenated alkanes) is 1. The number of Topliss-reactive ketones (excluding diaryl/α,β-unsaturated/α-hetero) is 1. The standard InChI is InChI=1S/C10H15NO2/c1-2-9(8-12)7-10(13)5-3-4-6-11/h8-9H,2-5,7H2,1H3. The summed E-state index contributed by atoms with van der Waals surface area (Å²) in [6.07, 6.45) is 3.35. The average molecular weight is 181 g/mol. The summed E-state index contributed by atoms with van der Waals surface area (Å²) in [5.74, 6) is -0.0382. The first kappa shape index (κ1) is 11.8. The molecule has 0 amide bonds. The third kappa shape index (κ3) is 6.03. The summed E-state index contributed by atoms with van der Waals surface area (Å²) >= 11 is 0. The van der Waals surface area contributed by atoms with Gasteiger partial charge in [0, 0.05) is 25.2 Å². The van der Waals surface area contributed by atoms with E-state index < -0.39 is 0 Å². The van der Waals surface area contributed by atoms with E-state index in [1.54, 1.807) is 0 Å². The Morgan fingerprint density at radius 2 is 2.31 bits per heavy atom. The van der Waals surface area contributed by atoms with Crippen molar-refractivity contribution >= 4 is 12.1 Å². The van der Waals surface area contributed by atoms with Gasteiger partial charge in [0.05, 0.1) is 6.07 Å². The van der Waals surface area contributed by atoms with Crippen LogP contribution in [0.5, 0.6) is 0 Å². The van der Waals surface area contributed by atoms with Crippen molar-refractivity contribution in [1.29, 1.82) is 5.26 Å². The molecule has 0 aliphatic rings. The zero-order chi connectivity index (χ0) is 10.1. The van der Waals surface area contributed by atoms with Gasteiger partial charge in [0.25, 0.3) is 0 Å². The van der Waals surface area contributed by atoms with Crippen LogP contribution in [-0.2, 0) is 9.59 Å². The summed E-state index contributed by atoms with van der Waals surface area (Å²) in [4.78, 5) is 21.6. The van der Waals surface area contributed by atoms with Crippen LogP contribution in [0.4, 0.5) is 0 Å². The van der Waals surface area contributed by atoms with Crippen LogP contribution < -0.4 is 0 Å². The van der Waals surface area contributed by atoms with Crippen molar-refractivity contribution in [2.75, 3.05) is 0 Å². The third-order valence-corrected chi connectivity index (χ3v) is 1.95. The van der Waals surface area contributed by atoms with E-state index in [4.69, 9.17) is 5.26 Å². The largest absolute Gasteiger partial charge is 0.303 e. The lowest BCUT2D eigenvalue weighted by atomic mass is 9.99. The summed E-state index contributed by atoms with van der Waals surface area (Å²) < 4.78 is 0. The normalized spacial score (nSPS) is 11.7. The van der Waals surface area contributed by atoms with Gasteiger partial charge in [-0.05, 0) is 12.8 Å². The Hall–Kier alpha value is -1.17. The molecule has 0 heterocycles. The van der Waals surface area contributed by atoms with Crippen LogP contribution in [0.15, 0.2) is 0 Å². The molecule has 0 spiro atoms. The van der Waals surface area contributed by atoms with Gasteiger partial charge < -0.3 is 4.79 Å². The predicted molar refractivity (Wildman–Crippen MR) is 48.9 cm³/mol. The molecule has 0 rings (SSSR count). The van der Waals surface area contributed by atoms with Crippen molar-refractivity contribution in [2.45, 2.75) is 39.0 Å². The maximum absolute atomic E-state index is 11.2. The van der Waals surface area contributed by atoms with Crippen molar-refractivity contribution < 1.29 is 9.59 Å². The molecule has 0 aromatic heterocycles. The predicted octanol–water partition coefficient (Wildman–Crippen LogP) is 1.86. The topological polar surface area (TPSA) is 57.9 Å². The summed E-state index contributed by atoms with van der Waals surface area (Å²) in [5, 5.41) is 8.24. The Labute approximate surface area is 78.7 Å². The lowest BCUT2D eigenvalue weighted by molar-refractivity contribution is -0.122. The minimum atomic E-state index is -0.130. The number of carbonyl (C=O) groups excluding carboxylic acids is 2. The molecule has 0 aromatic rings. The van der Waals surface area contributed by atoms with Gasteiger partial charge >= 0.3 is 0 Å². The Balaban J connectivity index is 3.61. The fourth-order valence-electron chi connectivity index (χ4n) is 1.05. The van der Waals surface area contributed by atoms with Gasteiger partial charge in [0.1, 0.15) is 12.1 Å². The minimum Gasteiger partial charge on any atom is -0.303 e. The number of hydrogen-bond acceptors (Lipinski definition) is 3. The van der Waals surface area contributed by atoms with Crippen molar-refractivity contribution in [1.82, 2.24) is 0 Å². The molecule has 1 atom stereocenters. The minimum absolute atomic E-state index is 0.0919. The van der Waals surface area contributed by atoms with E-state index >= 15 is 0 Å². The first-order valence-corrected chi connectivity index (χ1v) is 4.58. The monoisotopic (exact) mass is 181 g/mol.